The fraction of sp³-hybridized carbons (Fsp3) is 0.158. The second-order valence-corrected chi connectivity index (χ2v) is 6.77. The molecule has 0 amide bonds. The van der Waals surface area contributed by atoms with Gasteiger partial charge in [-0.1, -0.05) is 24.3 Å². The number of ketones is 1. The molecule has 4 nitrogen and oxygen atoms in total. The maximum Gasteiger partial charge on any atom is 0.228 e. The lowest BCUT2D eigenvalue weighted by molar-refractivity contribution is 0.103. The Bertz CT molecular complexity index is 985. The van der Waals surface area contributed by atoms with Crippen LogP contribution in [0.1, 0.15) is 15.9 Å². The first-order valence-electron chi connectivity index (χ1n) is 7.51. The summed E-state index contributed by atoms with van der Waals surface area (Å²) in [6.45, 7) is 0. The van der Waals surface area contributed by atoms with Gasteiger partial charge in [0.15, 0.2) is 5.78 Å². The average Bonchev–Trinajstić information content (AvgIpc) is 2.52. The Balaban J connectivity index is 2.22. The summed E-state index contributed by atoms with van der Waals surface area (Å²) >= 11 is 0. The van der Waals surface area contributed by atoms with Gasteiger partial charge in [-0.3, -0.25) is 9.28 Å². The molecular weight excluding hydrogens is 288 g/mol. The van der Waals surface area contributed by atoms with Gasteiger partial charge < -0.3 is 5.11 Å². The largest absolute Gasteiger partial charge is 0.507 e. The predicted octanol–water partition coefficient (Wildman–Crippen LogP) is 3.35. The third-order valence-corrected chi connectivity index (χ3v) is 4.32. The third-order valence-electron chi connectivity index (χ3n) is 4.32. The molecular formula is C19H17N2O2+. The Kier molecular flexibility index (Phi) is 2.66. The van der Waals surface area contributed by atoms with Crippen molar-refractivity contribution in [1.29, 1.82) is 0 Å². The highest BCUT2D eigenvalue weighted by Crippen LogP contribution is 2.43. The summed E-state index contributed by atoms with van der Waals surface area (Å²) in [5, 5.41) is 11.0. The van der Waals surface area contributed by atoms with Crippen molar-refractivity contribution < 1.29 is 9.90 Å². The molecule has 0 saturated carbocycles. The number of quaternary nitrogens is 1. The van der Waals surface area contributed by atoms with Crippen molar-refractivity contribution in [2.45, 2.75) is 0 Å². The van der Waals surface area contributed by atoms with Gasteiger partial charge in [-0.2, -0.15) is 4.98 Å². The lowest BCUT2D eigenvalue weighted by atomic mass is 9.83. The standard InChI is InChI=1S/C19H16N2O2/c1-21(2,3)16-10-13-11-6-4-5-7-12(11)19(23)18-15(22)9-8-14(20-16)17(13)18/h4-10H,1-3H3/p+1. The van der Waals surface area contributed by atoms with Crippen LogP contribution >= 0.6 is 0 Å². The molecule has 4 rings (SSSR count). The van der Waals surface area contributed by atoms with Crippen molar-refractivity contribution in [3.63, 3.8) is 0 Å². The number of phenolic OH excluding ortho intramolecular Hbond substituents is 1. The molecule has 0 atom stereocenters. The topological polar surface area (TPSA) is 50.2 Å². The monoisotopic (exact) mass is 305 g/mol. The van der Waals surface area contributed by atoms with Crippen LogP contribution in [0.15, 0.2) is 42.5 Å². The number of benzene rings is 2. The number of fused-ring (bicyclic) bond motifs is 2. The van der Waals surface area contributed by atoms with Crippen LogP contribution in [0.5, 0.6) is 5.75 Å². The summed E-state index contributed by atoms with van der Waals surface area (Å²) in [7, 11) is 6.17. The van der Waals surface area contributed by atoms with Gasteiger partial charge in [0, 0.05) is 22.6 Å². The highest BCUT2D eigenvalue weighted by Gasteiger charge is 2.30. The number of carbonyl (C=O) groups excluding carboxylic acids is 1. The van der Waals surface area contributed by atoms with E-state index in [9.17, 15) is 9.90 Å². The Morgan fingerprint density at radius 3 is 2.35 bits per heavy atom. The quantitative estimate of drug-likeness (QED) is 0.549. The van der Waals surface area contributed by atoms with Crippen LogP contribution < -0.4 is 4.48 Å². The van der Waals surface area contributed by atoms with Gasteiger partial charge in [0.1, 0.15) is 5.75 Å². The van der Waals surface area contributed by atoms with Gasteiger partial charge in [-0.25, -0.2) is 0 Å². The number of rotatable bonds is 1. The lowest BCUT2D eigenvalue weighted by Gasteiger charge is -2.25. The number of aromatic nitrogens is 1. The van der Waals surface area contributed by atoms with E-state index < -0.39 is 0 Å². The molecule has 1 aliphatic rings. The lowest BCUT2D eigenvalue weighted by Crippen LogP contribution is -2.35. The van der Waals surface area contributed by atoms with Crippen molar-refractivity contribution >= 4 is 22.5 Å². The number of hydrogen-bond acceptors (Lipinski definition) is 3. The van der Waals surface area contributed by atoms with E-state index in [2.05, 4.69) is 21.1 Å². The average molecular weight is 305 g/mol. The van der Waals surface area contributed by atoms with E-state index in [1.54, 1.807) is 12.1 Å². The molecule has 4 heteroatoms. The van der Waals surface area contributed by atoms with Crippen LogP contribution in [0, 0.1) is 0 Å². The second-order valence-electron chi connectivity index (χ2n) is 6.77. The third kappa shape index (κ3) is 1.88. The van der Waals surface area contributed by atoms with E-state index in [0.29, 0.717) is 15.6 Å². The smallest absolute Gasteiger partial charge is 0.228 e. The number of carbonyl (C=O) groups is 1. The Hall–Kier alpha value is -2.72. The molecule has 0 unspecified atom stereocenters. The number of phenols is 1. The van der Waals surface area contributed by atoms with Crippen LogP contribution in [0.2, 0.25) is 0 Å². The van der Waals surface area contributed by atoms with E-state index in [1.165, 1.54) is 0 Å². The maximum atomic E-state index is 12.8. The summed E-state index contributed by atoms with van der Waals surface area (Å²) in [5.41, 5.74) is 3.58. The van der Waals surface area contributed by atoms with Crippen molar-refractivity contribution in [3.8, 4) is 16.9 Å². The molecule has 0 bridgehead atoms. The molecule has 1 heterocycles. The predicted molar refractivity (Wildman–Crippen MR) is 91.8 cm³/mol. The maximum absolute atomic E-state index is 12.8. The number of hydrogen-bond donors (Lipinski definition) is 1. The van der Waals surface area contributed by atoms with E-state index in [1.807, 2.05) is 30.3 Å². The highest BCUT2D eigenvalue weighted by molar-refractivity contribution is 6.26. The molecule has 114 valence electrons. The zero-order valence-electron chi connectivity index (χ0n) is 13.3. The van der Waals surface area contributed by atoms with E-state index in [0.717, 1.165) is 27.8 Å². The second kappa shape index (κ2) is 4.40. The zero-order valence-corrected chi connectivity index (χ0v) is 13.3. The van der Waals surface area contributed by atoms with Crippen LogP contribution in [-0.2, 0) is 0 Å². The first-order chi connectivity index (χ1) is 10.9. The summed E-state index contributed by atoms with van der Waals surface area (Å²) in [6, 6.07) is 12.9. The zero-order chi connectivity index (χ0) is 16.4. The number of pyridine rings is 1. The Labute approximate surface area is 134 Å². The van der Waals surface area contributed by atoms with Gasteiger partial charge in [0.25, 0.3) is 0 Å². The molecule has 1 N–H and O–H groups in total. The highest BCUT2D eigenvalue weighted by atomic mass is 16.3. The summed E-state index contributed by atoms with van der Waals surface area (Å²) in [4.78, 5) is 17.5. The van der Waals surface area contributed by atoms with Crippen molar-refractivity contribution in [3.05, 3.63) is 53.6 Å². The fourth-order valence-electron chi connectivity index (χ4n) is 3.14. The van der Waals surface area contributed by atoms with Gasteiger partial charge in [-0.15, -0.1) is 0 Å². The minimum atomic E-state index is -0.143. The Morgan fingerprint density at radius 2 is 1.65 bits per heavy atom. The van der Waals surface area contributed by atoms with Gasteiger partial charge in [0.05, 0.1) is 32.2 Å². The fourth-order valence-corrected chi connectivity index (χ4v) is 3.14. The first kappa shape index (κ1) is 13.9. The van der Waals surface area contributed by atoms with Crippen molar-refractivity contribution in [2.24, 2.45) is 0 Å². The molecule has 0 aliphatic heterocycles. The molecule has 0 spiro atoms. The normalized spacial score (nSPS) is 13.3. The van der Waals surface area contributed by atoms with Crippen LogP contribution in [0.4, 0.5) is 5.82 Å². The summed E-state index contributed by atoms with van der Waals surface area (Å²) in [6.07, 6.45) is 0. The molecule has 0 fully saturated rings. The minimum absolute atomic E-state index is 0.0121. The Morgan fingerprint density at radius 1 is 0.957 bits per heavy atom. The molecule has 0 saturated heterocycles. The van der Waals surface area contributed by atoms with Gasteiger partial charge in [-0.05, 0) is 17.7 Å². The molecule has 1 aromatic heterocycles. The molecule has 0 radical (unpaired) electrons. The number of aromatic hydroxyl groups is 1. The van der Waals surface area contributed by atoms with Crippen LogP contribution in [0.3, 0.4) is 0 Å². The SMILES string of the molecule is C[N+](C)(C)c1cc2c3c(c(O)ccc3n1)C(=O)c1ccccc1-2. The number of nitrogens with zero attached hydrogens (tertiary/aromatic N) is 2. The molecule has 1 aliphatic carbocycles. The molecule has 2 aromatic carbocycles. The summed E-state index contributed by atoms with van der Waals surface area (Å²) in [5.74, 6) is 0.780. The van der Waals surface area contributed by atoms with Gasteiger partial charge in [0.2, 0.25) is 5.82 Å². The van der Waals surface area contributed by atoms with E-state index in [-0.39, 0.29) is 11.5 Å². The summed E-state index contributed by atoms with van der Waals surface area (Å²) < 4.78 is 0.579. The molecule has 3 aromatic rings. The van der Waals surface area contributed by atoms with Gasteiger partial charge >= 0.3 is 0 Å². The van der Waals surface area contributed by atoms with Crippen LogP contribution in [0.25, 0.3) is 22.0 Å². The van der Waals surface area contributed by atoms with Crippen molar-refractivity contribution in [1.82, 2.24) is 9.47 Å². The molecule has 23 heavy (non-hydrogen) atoms. The van der Waals surface area contributed by atoms with Crippen molar-refractivity contribution in [2.75, 3.05) is 21.1 Å². The van der Waals surface area contributed by atoms with E-state index >= 15 is 0 Å². The van der Waals surface area contributed by atoms with Crippen LogP contribution in [-0.4, -0.2) is 37.0 Å². The first-order valence-corrected chi connectivity index (χ1v) is 7.51. The minimum Gasteiger partial charge on any atom is -0.507 e. The van der Waals surface area contributed by atoms with E-state index in [4.69, 9.17) is 4.98 Å².